The number of benzene rings is 1. The van der Waals surface area contributed by atoms with Crippen molar-refractivity contribution in [3.8, 4) is 0 Å². The van der Waals surface area contributed by atoms with Crippen molar-refractivity contribution in [2.75, 3.05) is 0 Å². The van der Waals surface area contributed by atoms with Gasteiger partial charge in [0.1, 0.15) is 6.04 Å². The first kappa shape index (κ1) is 17.1. The van der Waals surface area contributed by atoms with Crippen LogP contribution < -0.4 is 4.72 Å². The van der Waals surface area contributed by atoms with Crippen LogP contribution >= 0.6 is 0 Å². The highest BCUT2D eigenvalue weighted by atomic mass is 32.2. The molecule has 0 amide bonds. The van der Waals surface area contributed by atoms with E-state index in [1.54, 1.807) is 6.92 Å². The molecule has 0 saturated carbocycles. The van der Waals surface area contributed by atoms with E-state index in [0.717, 1.165) is 6.07 Å². The molecular weight excluding hydrogens is 300 g/mol. The summed E-state index contributed by atoms with van der Waals surface area (Å²) in [4.78, 5) is 20.7. The molecule has 0 aliphatic heterocycles. The number of aryl methyl sites for hydroxylation is 1. The molecule has 8 nitrogen and oxygen atoms in total. The summed E-state index contributed by atoms with van der Waals surface area (Å²) in [5, 5.41) is 20.0. The van der Waals surface area contributed by atoms with E-state index in [1.165, 1.54) is 19.1 Å². The minimum Gasteiger partial charge on any atom is -0.480 e. The molecular formula is C12H16N2O6S. The fraction of sp³-hybridized carbons (Fsp3) is 0.417. The number of carboxylic acid groups (broad SMARTS) is 1. The van der Waals surface area contributed by atoms with E-state index in [0.29, 0.717) is 6.42 Å². The number of nitrogens with one attached hydrogen (secondary N) is 1. The zero-order chi connectivity index (χ0) is 16.2. The number of carbonyl (C=O) groups is 1. The lowest BCUT2D eigenvalue weighted by molar-refractivity contribution is -0.387. The molecule has 116 valence electrons. The third kappa shape index (κ3) is 3.99. The van der Waals surface area contributed by atoms with Crippen LogP contribution in [-0.2, 0) is 14.8 Å². The van der Waals surface area contributed by atoms with E-state index in [-0.39, 0.29) is 12.0 Å². The Labute approximate surface area is 122 Å². The van der Waals surface area contributed by atoms with Crippen LogP contribution in [-0.4, -0.2) is 30.5 Å². The van der Waals surface area contributed by atoms with Gasteiger partial charge in [-0.3, -0.25) is 14.9 Å². The lowest BCUT2D eigenvalue weighted by Gasteiger charge is -2.15. The van der Waals surface area contributed by atoms with Gasteiger partial charge in [-0.25, -0.2) is 8.42 Å². The molecule has 21 heavy (non-hydrogen) atoms. The Hall–Kier alpha value is -2.00. The van der Waals surface area contributed by atoms with Gasteiger partial charge >= 0.3 is 5.97 Å². The van der Waals surface area contributed by atoms with E-state index in [2.05, 4.69) is 0 Å². The molecule has 1 rings (SSSR count). The molecule has 9 heteroatoms. The first-order valence-corrected chi connectivity index (χ1v) is 7.68. The molecule has 0 aromatic heterocycles. The number of hydrogen-bond donors (Lipinski definition) is 2. The van der Waals surface area contributed by atoms with Crippen LogP contribution in [0.15, 0.2) is 23.1 Å². The Morgan fingerprint density at radius 1 is 1.48 bits per heavy atom. The molecule has 1 atom stereocenters. The number of rotatable bonds is 7. The maximum atomic E-state index is 12.3. The predicted octanol–water partition coefficient (Wildman–Crippen LogP) is 1.43. The summed E-state index contributed by atoms with van der Waals surface area (Å²) < 4.78 is 26.6. The molecule has 0 aliphatic carbocycles. The molecule has 1 aromatic rings. The number of sulfonamides is 1. The molecule has 0 radical (unpaired) electrons. The predicted molar refractivity (Wildman–Crippen MR) is 74.5 cm³/mol. The number of nitro groups is 1. The van der Waals surface area contributed by atoms with Crippen molar-refractivity contribution in [3.05, 3.63) is 33.9 Å². The zero-order valence-corrected chi connectivity index (χ0v) is 12.4. The lowest BCUT2D eigenvalue weighted by Crippen LogP contribution is -2.41. The standard InChI is InChI=1S/C12H16N2O6S/c1-3-5-9(12(15)16)13-21(19,20)11-8(2)6-4-7-10(11)14(17)18/h4,6-7,9,13H,3,5H2,1-2H3,(H,15,16). The van der Waals surface area contributed by atoms with Crippen LogP contribution in [0.25, 0.3) is 0 Å². The Morgan fingerprint density at radius 3 is 2.57 bits per heavy atom. The van der Waals surface area contributed by atoms with Gasteiger partial charge in [0.25, 0.3) is 5.69 Å². The molecule has 2 N–H and O–H groups in total. The summed E-state index contributed by atoms with van der Waals surface area (Å²) >= 11 is 0. The van der Waals surface area contributed by atoms with Crippen LogP contribution in [0.4, 0.5) is 5.69 Å². The van der Waals surface area contributed by atoms with Crippen molar-refractivity contribution >= 4 is 21.7 Å². The van der Waals surface area contributed by atoms with Crippen molar-refractivity contribution < 1.29 is 23.2 Å². The molecule has 0 spiro atoms. The summed E-state index contributed by atoms with van der Waals surface area (Å²) in [5.41, 5.74) is -0.402. The van der Waals surface area contributed by atoms with Crippen molar-refractivity contribution in [1.82, 2.24) is 4.72 Å². The summed E-state index contributed by atoms with van der Waals surface area (Å²) in [5.74, 6) is -1.32. The number of hydrogen-bond acceptors (Lipinski definition) is 5. The number of carboxylic acids is 1. The average Bonchev–Trinajstić information content (AvgIpc) is 2.37. The molecule has 0 bridgehead atoms. The van der Waals surface area contributed by atoms with Gasteiger partial charge in [-0.1, -0.05) is 25.5 Å². The summed E-state index contributed by atoms with van der Waals surface area (Å²) in [6, 6.07) is 2.53. The second-order valence-corrected chi connectivity index (χ2v) is 6.13. The van der Waals surface area contributed by atoms with Gasteiger partial charge < -0.3 is 5.11 Å². The smallest absolute Gasteiger partial charge is 0.321 e. The minimum atomic E-state index is -4.31. The number of aliphatic carboxylic acids is 1. The Bertz CT molecular complexity index is 656. The quantitative estimate of drug-likeness (QED) is 0.579. The minimum absolute atomic E-state index is 0.0915. The number of nitrogens with zero attached hydrogens (tertiary/aromatic N) is 1. The van der Waals surface area contributed by atoms with Crippen molar-refractivity contribution in [2.45, 2.75) is 37.6 Å². The highest BCUT2D eigenvalue weighted by Crippen LogP contribution is 2.27. The van der Waals surface area contributed by atoms with Crippen molar-refractivity contribution in [3.63, 3.8) is 0 Å². The molecule has 0 fully saturated rings. The topological polar surface area (TPSA) is 127 Å². The zero-order valence-electron chi connectivity index (χ0n) is 11.6. The second-order valence-electron chi connectivity index (χ2n) is 4.48. The second kappa shape index (κ2) is 6.64. The fourth-order valence-corrected chi connectivity index (χ4v) is 3.52. The van der Waals surface area contributed by atoms with Crippen LogP contribution in [0.2, 0.25) is 0 Å². The third-order valence-electron chi connectivity index (χ3n) is 2.83. The fourth-order valence-electron chi connectivity index (χ4n) is 1.90. The SMILES string of the molecule is CCCC(NS(=O)(=O)c1c(C)cccc1[N+](=O)[O-])C(=O)O. The third-order valence-corrected chi connectivity index (χ3v) is 4.49. The number of nitro benzene ring substituents is 1. The maximum absolute atomic E-state index is 12.3. The van der Waals surface area contributed by atoms with E-state index >= 15 is 0 Å². The Kier molecular flexibility index (Phi) is 5.39. The van der Waals surface area contributed by atoms with E-state index < -0.39 is 37.5 Å². The Morgan fingerprint density at radius 2 is 2.10 bits per heavy atom. The summed E-state index contributed by atoms with van der Waals surface area (Å²) in [6.07, 6.45) is 0.545. The highest BCUT2D eigenvalue weighted by molar-refractivity contribution is 7.89. The van der Waals surface area contributed by atoms with E-state index in [9.17, 15) is 23.3 Å². The largest absolute Gasteiger partial charge is 0.480 e. The highest BCUT2D eigenvalue weighted by Gasteiger charge is 2.31. The molecule has 1 aromatic carbocycles. The summed E-state index contributed by atoms with van der Waals surface area (Å²) in [7, 11) is -4.31. The van der Waals surface area contributed by atoms with Crippen LogP contribution in [0.5, 0.6) is 0 Å². The van der Waals surface area contributed by atoms with Crippen LogP contribution in [0.3, 0.4) is 0 Å². The Balaban J connectivity index is 3.31. The lowest BCUT2D eigenvalue weighted by atomic mass is 10.2. The molecule has 1 unspecified atom stereocenters. The van der Waals surface area contributed by atoms with Crippen LogP contribution in [0, 0.1) is 17.0 Å². The monoisotopic (exact) mass is 316 g/mol. The van der Waals surface area contributed by atoms with Gasteiger partial charge in [0, 0.05) is 6.07 Å². The van der Waals surface area contributed by atoms with Gasteiger partial charge in [0.15, 0.2) is 4.90 Å². The van der Waals surface area contributed by atoms with Gasteiger partial charge in [-0.15, -0.1) is 0 Å². The van der Waals surface area contributed by atoms with Gasteiger partial charge in [0.2, 0.25) is 10.0 Å². The first-order valence-electron chi connectivity index (χ1n) is 6.19. The molecule has 0 aliphatic rings. The first-order chi connectivity index (χ1) is 9.70. The van der Waals surface area contributed by atoms with E-state index in [4.69, 9.17) is 5.11 Å². The van der Waals surface area contributed by atoms with E-state index in [1.807, 2.05) is 4.72 Å². The van der Waals surface area contributed by atoms with Gasteiger partial charge in [0.05, 0.1) is 4.92 Å². The summed E-state index contributed by atoms with van der Waals surface area (Å²) in [6.45, 7) is 3.12. The average molecular weight is 316 g/mol. The van der Waals surface area contributed by atoms with Gasteiger partial charge in [-0.2, -0.15) is 4.72 Å². The maximum Gasteiger partial charge on any atom is 0.321 e. The molecule has 0 heterocycles. The van der Waals surface area contributed by atoms with Crippen LogP contribution in [0.1, 0.15) is 25.3 Å². The van der Waals surface area contributed by atoms with Crippen molar-refractivity contribution in [1.29, 1.82) is 0 Å². The van der Waals surface area contributed by atoms with Crippen molar-refractivity contribution in [2.24, 2.45) is 0 Å². The van der Waals surface area contributed by atoms with Gasteiger partial charge in [-0.05, 0) is 18.9 Å². The molecule has 0 saturated heterocycles. The normalized spacial score (nSPS) is 12.9.